The highest BCUT2D eigenvalue weighted by Crippen LogP contribution is 2.27. The molecule has 4 heteroatoms. The third kappa shape index (κ3) is 4.45. The fourth-order valence-corrected chi connectivity index (χ4v) is 3.61. The van der Waals surface area contributed by atoms with Crippen molar-refractivity contribution in [3.63, 3.8) is 0 Å². The Labute approximate surface area is 187 Å². The molecule has 0 spiro atoms. The summed E-state index contributed by atoms with van der Waals surface area (Å²) in [4.78, 5) is 30.7. The number of nitrogens with zero attached hydrogens (tertiary/aromatic N) is 1. The molecule has 0 bridgehead atoms. The summed E-state index contributed by atoms with van der Waals surface area (Å²) < 4.78 is 5.62. The molecule has 1 atom stereocenters. The molecule has 0 N–H and O–H groups in total. The SMILES string of the molecule is Cc1ccc(C(=O)[C@H](C)OC(=O)c2cc(-c3ccc(C)cc3)nc3ccc(C)cc23)cc1. The third-order valence-corrected chi connectivity index (χ3v) is 5.52. The zero-order chi connectivity index (χ0) is 22.8. The molecule has 3 aromatic carbocycles. The number of fused-ring (bicyclic) bond motifs is 1. The lowest BCUT2D eigenvalue weighted by Gasteiger charge is -2.15. The summed E-state index contributed by atoms with van der Waals surface area (Å²) in [6.07, 6.45) is -0.902. The molecule has 0 fully saturated rings. The Bertz CT molecular complexity index is 1310. The summed E-state index contributed by atoms with van der Waals surface area (Å²) in [7, 11) is 0. The van der Waals surface area contributed by atoms with Gasteiger partial charge in [-0.2, -0.15) is 0 Å². The van der Waals surface area contributed by atoms with Gasteiger partial charge in [0.1, 0.15) is 0 Å². The van der Waals surface area contributed by atoms with E-state index in [9.17, 15) is 9.59 Å². The number of pyridine rings is 1. The number of hydrogen-bond donors (Lipinski definition) is 0. The van der Waals surface area contributed by atoms with Crippen LogP contribution in [-0.4, -0.2) is 22.8 Å². The van der Waals surface area contributed by atoms with Crippen LogP contribution in [0.2, 0.25) is 0 Å². The van der Waals surface area contributed by atoms with Crippen molar-refractivity contribution in [2.45, 2.75) is 33.8 Å². The number of aromatic nitrogens is 1. The van der Waals surface area contributed by atoms with Crippen molar-refractivity contribution in [2.75, 3.05) is 0 Å². The summed E-state index contributed by atoms with van der Waals surface area (Å²) in [5.41, 5.74) is 6.45. The normalized spacial score (nSPS) is 11.9. The van der Waals surface area contributed by atoms with Gasteiger partial charge in [0.15, 0.2) is 6.10 Å². The van der Waals surface area contributed by atoms with E-state index in [1.807, 2.05) is 75.4 Å². The lowest BCUT2D eigenvalue weighted by molar-refractivity contribution is 0.0320. The number of esters is 1. The Kier molecular flexibility index (Phi) is 5.87. The third-order valence-electron chi connectivity index (χ3n) is 5.52. The van der Waals surface area contributed by atoms with Crippen LogP contribution in [0.15, 0.2) is 72.8 Å². The monoisotopic (exact) mass is 423 g/mol. The van der Waals surface area contributed by atoms with E-state index >= 15 is 0 Å². The van der Waals surface area contributed by atoms with Crippen molar-refractivity contribution in [3.05, 3.63) is 101 Å². The molecular formula is C28H25NO3. The summed E-state index contributed by atoms with van der Waals surface area (Å²) >= 11 is 0. The fraction of sp³-hybridized carbons (Fsp3) is 0.179. The maximum atomic E-state index is 13.2. The Balaban J connectivity index is 1.70. The highest BCUT2D eigenvalue weighted by Gasteiger charge is 2.22. The number of benzene rings is 3. The van der Waals surface area contributed by atoms with Gasteiger partial charge in [-0.3, -0.25) is 4.79 Å². The Morgan fingerprint density at radius 3 is 2.03 bits per heavy atom. The van der Waals surface area contributed by atoms with E-state index in [4.69, 9.17) is 9.72 Å². The summed E-state index contributed by atoms with van der Waals surface area (Å²) in [5.74, 6) is -0.768. The Morgan fingerprint density at radius 2 is 1.38 bits per heavy atom. The summed E-state index contributed by atoms with van der Waals surface area (Å²) in [6, 6.07) is 22.8. The molecule has 1 heterocycles. The van der Waals surface area contributed by atoms with Gasteiger partial charge in [-0.25, -0.2) is 9.78 Å². The number of ether oxygens (including phenoxy) is 1. The first-order valence-corrected chi connectivity index (χ1v) is 10.6. The van der Waals surface area contributed by atoms with Crippen molar-refractivity contribution in [2.24, 2.45) is 0 Å². The van der Waals surface area contributed by atoms with Crippen LogP contribution in [0.25, 0.3) is 22.2 Å². The number of ketones is 1. The number of aryl methyl sites for hydroxylation is 3. The largest absolute Gasteiger partial charge is 0.451 e. The lowest BCUT2D eigenvalue weighted by atomic mass is 10.0. The van der Waals surface area contributed by atoms with Crippen LogP contribution >= 0.6 is 0 Å². The number of carbonyl (C=O) groups excluding carboxylic acids is 2. The van der Waals surface area contributed by atoms with Crippen LogP contribution in [0.5, 0.6) is 0 Å². The summed E-state index contributed by atoms with van der Waals surface area (Å²) in [6.45, 7) is 7.55. The Morgan fingerprint density at radius 1 is 0.781 bits per heavy atom. The predicted octanol–water partition coefficient (Wildman–Crippen LogP) is 6.26. The van der Waals surface area contributed by atoms with Gasteiger partial charge in [-0.15, -0.1) is 0 Å². The average molecular weight is 424 g/mol. The first-order valence-electron chi connectivity index (χ1n) is 10.6. The van der Waals surface area contributed by atoms with E-state index in [1.54, 1.807) is 25.1 Å². The van der Waals surface area contributed by atoms with Crippen LogP contribution < -0.4 is 0 Å². The predicted molar refractivity (Wildman–Crippen MR) is 127 cm³/mol. The molecule has 0 aliphatic rings. The molecule has 0 aliphatic heterocycles. The van der Waals surface area contributed by atoms with E-state index in [2.05, 4.69) is 0 Å². The molecule has 4 nitrogen and oxygen atoms in total. The quantitative estimate of drug-likeness (QED) is 0.281. The van der Waals surface area contributed by atoms with Gasteiger partial charge in [-0.1, -0.05) is 71.3 Å². The van der Waals surface area contributed by atoms with E-state index in [0.29, 0.717) is 27.7 Å². The highest BCUT2D eigenvalue weighted by molar-refractivity contribution is 6.07. The molecule has 0 amide bonds. The van der Waals surface area contributed by atoms with Crippen molar-refractivity contribution in [3.8, 4) is 11.3 Å². The maximum absolute atomic E-state index is 13.2. The van der Waals surface area contributed by atoms with Crippen molar-refractivity contribution < 1.29 is 14.3 Å². The van der Waals surface area contributed by atoms with Gasteiger partial charge in [0.2, 0.25) is 5.78 Å². The van der Waals surface area contributed by atoms with Crippen LogP contribution in [0.4, 0.5) is 0 Å². The molecule has 160 valence electrons. The van der Waals surface area contributed by atoms with Crippen molar-refractivity contribution in [1.82, 2.24) is 4.98 Å². The molecule has 0 aliphatic carbocycles. The van der Waals surface area contributed by atoms with Gasteiger partial charge in [0, 0.05) is 16.5 Å². The second-order valence-corrected chi connectivity index (χ2v) is 8.22. The molecule has 0 saturated carbocycles. The first-order chi connectivity index (χ1) is 15.3. The molecular weight excluding hydrogens is 398 g/mol. The highest BCUT2D eigenvalue weighted by atomic mass is 16.5. The van der Waals surface area contributed by atoms with Crippen LogP contribution in [0.3, 0.4) is 0 Å². The van der Waals surface area contributed by atoms with Crippen LogP contribution in [-0.2, 0) is 4.74 Å². The fourth-order valence-electron chi connectivity index (χ4n) is 3.61. The van der Waals surface area contributed by atoms with Gasteiger partial charge >= 0.3 is 5.97 Å². The number of rotatable bonds is 5. The second kappa shape index (κ2) is 8.75. The maximum Gasteiger partial charge on any atom is 0.339 e. The van der Waals surface area contributed by atoms with Crippen LogP contribution in [0.1, 0.15) is 44.3 Å². The minimum absolute atomic E-state index is 0.230. The van der Waals surface area contributed by atoms with E-state index in [-0.39, 0.29) is 5.78 Å². The molecule has 32 heavy (non-hydrogen) atoms. The minimum Gasteiger partial charge on any atom is -0.451 e. The lowest BCUT2D eigenvalue weighted by Crippen LogP contribution is -2.24. The van der Waals surface area contributed by atoms with E-state index in [0.717, 1.165) is 22.3 Å². The number of hydrogen-bond acceptors (Lipinski definition) is 4. The van der Waals surface area contributed by atoms with E-state index in [1.165, 1.54) is 0 Å². The van der Waals surface area contributed by atoms with Crippen molar-refractivity contribution in [1.29, 1.82) is 0 Å². The second-order valence-electron chi connectivity index (χ2n) is 8.22. The number of carbonyl (C=O) groups is 2. The molecule has 4 rings (SSSR count). The van der Waals surface area contributed by atoms with E-state index < -0.39 is 12.1 Å². The first kappa shape index (κ1) is 21.4. The Hall–Kier alpha value is -3.79. The smallest absolute Gasteiger partial charge is 0.339 e. The van der Waals surface area contributed by atoms with Gasteiger partial charge in [0.25, 0.3) is 0 Å². The van der Waals surface area contributed by atoms with Crippen LogP contribution in [0, 0.1) is 20.8 Å². The molecule has 0 radical (unpaired) electrons. The molecule has 1 aromatic heterocycles. The number of Topliss-reactive ketones (excluding diaryl/α,β-unsaturated/α-hetero) is 1. The topological polar surface area (TPSA) is 56.3 Å². The van der Waals surface area contributed by atoms with Gasteiger partial charge in [0.05, 0.1) is 16.8 Å². The minimum atomic E-state index is -0.902. The standard InChI is InChI=1S/C28H25NO3/c1-17-5-10-21(11-6-17)26-16-24(23-15-19(3)9-14-25(23)29-26)28(31)32-20(4)27(30)22-12-7-18(2)8-13-22/h5-16,20H,1-4H3/t20-/m0/s1. The zero-order valence-corrected chi connectivity index (χ0v) is 18.7. The molecule has 4 aromatic rings. The summed E-state index contributed by atoms with van der Waals surface area (Å²) in [5, 5.41) is 0.709. The zero-order valence-electron chi connectivity index (χ0n) is 18.7. The molecule has 0 saturated heterocycles. The van der Waals surface area contributed by atoms with Crippen molar-refractivity contribution >= 4 is 22.7 Å². The average Bonchev–Trinajstić information content (AvgIpc) is 2.78. The van der Waals surface area contributed by atoms with Gasteiger partial charge in [-0.05, 0) is 45.9 Å². The van der Waals surface area contributed by atoms with Gasteiger partial charge < -0.3 is 4.74 Å². The molecule has 0 unspecified atom stereocenters.